The molecule has 0 unspecified atom stereocenters. The Morgan fingerprint density at radius 1 is 1.15 bits per heavy atom. The van der Waals surface area contributed by atoms with E-state index in [0.717, 1.165) is 5.56 Å². The van der Waals surface area contributed by atoms with Crippen LogP contribution in [0.2, 0.25) is 5.02 Å². The van der Waals surface area contributed by atoms with E-state index < -0.39 is 11.8 Å². The van der Waals surface area contributed by atoms with E-state index in [-0.39, 0.29) is 5.02 Å². The predicted molar refractivity (Wildman–Crippen MR) is 79.0 cm³/mol. The molecule has 0 saturated heterocycles. The number of carbonyl (C=O) groups is 1. The number of benzene rings is 2. The molecule has 2 amide bonds. The smallest absolute Gasteiger partial charge is 0.314 e. The van der Waals surface area contributed by atoms with Crippen molar-refractivity contribution in [3.63, 3.8) is 0 Å². The predicted octanol–water partition coefficient (Wildman–Crippen LogP) is 4.27. The van der Waals surface area contributed by atoms with Crippen molar-refractivity contribution in [2.24, 2.45) is 0 Å². The first-order valence-corrected chi connectivity index (χ1v) is 6.27. The van der Waals surface area contributed by atoms with Gasteiger partial charge in [0.25, 0.3) is 0 Å². The summed E-state index contributed by atoms with van der Waals surface area (Å²) in [6.45, 7) is 0. The molecular formula is C15H12ClFN2O. The minimum Gasteiger partial charge on any atom is -0.314 e. The molecule has 0 bridgehead atoms. The standard InChI is InChI=1S/C15H12ClFN2O/c16-13-10-12(6-7-14(13)17)19-15(20)18-9-8-11-4-2-1-3-5-11/h1-10H,(H2,18,19,20)/b9-8+. The first-order chi connectivity index (χ1) is 9.65. The van der Waals surface area contributed by atoms with Crippen LogP contribution in [0.25, 0.3) is 6.08 Å². The summed E-state index contributed by atoms with van der Waals surface area (Å²) in [7, 11) is 0. The van der Waals surface area contributed by atoms with Gasteiger partial charge in [-0.3, -0.25) is 0 Å². The van der Waals surface area contributed by atoms with E-state index >= 15 is 0 Å². The van der Waals surface area contributed by atoms with Gasteiger partial charge in [-0.25, -0.2) is 9.18 Å². The van der Waals surface area contributed by atoms with Gasteiger partial charge in [0.15, 0.2) is 0 Å². The van der Waals surface area contributed by atoms with Crippen molar-refractivity contribution >= 4 is 29.4 Å². The van der Waals surface area contributed by atoms with Crippen LogP contribution in [0.15, 0.2) is 54.7 Å². The lowest BCUT2D eigenvalue weighted by Gasteiger charge is -2.05. The average molecular weight is 291 g/mol. The summed E-state index contributed by atoms with van der Waals surface area (Å²) in [5.74, 6) is -0.526. The van der Waals surface area contributed by atoms with E-state index in [9.17, 15) is 9.18 Å². The quantitative estimate of drug-likeness (QED) is 0.871. The zero-order valence-electron chi connectivity index (χ0n) is 10.4. The van der Waals surface area contributed by atoms with E-state index in [1.165, 1.54) is 24.4 Å². The normalized spacial score (nSPS) is 10.5. The van der Waals surface area contributed by atoms with Gasteiger partial charge in [-0.15, -0.1) is 0 Å². The summed E-state index contributed by atoms with van der Waals surface area (Å²) in [6, 6.07) is 13.1. The van der Waals surface area contributed by atoms with Crippen molar-refractivity contribution in [3.8, 4) is 0 Å². The van der Waals surface area contributed by atoms with E-state index in [0.29, 0.717) is 5.69 Å². The summed E-state index contributed by atoms with van der Waals surface area (Å²) >= 11 is 5.62. The summed E-state index contributed by atoms with van der Waals surface area (Å²) in [5.41, 5.74) is 1.39. The first-order valence-electron chi connectivity index (χ1n) is 5.89. The third kappa shape index (κ3) is 4.10. The number of carbonyl (C=O) groups excluding carboxylic acids is 1. The molecule has 2 N–H and O–H groups in total. The molecular weight excluding hydrogens is 279 g/mol. The molecule has 0 heterocycles. The SMILES string of the molecule is O=C(N/C=C/c1ccccc1)Nc1ccc(F)c(Cl)c1. The highest BCUT2D eigenvalue weighted by molar-refractivity contribution is 6.31. The van der Waals surface area contributed by atoms with Gasteiger partial charge in [0.1, 0.15) is 5.82 Å². The molecule has 0 aliphatic heterocycles. The molecule has 0 atom stereocenters. The van der Waals surface area contributed by atoms with Crippen LogP contribution in [0.1, 0.15) is 5.56 Å². The van der Waals surface area contributed by atoms with Crippen LogP contribution in [0.5, 0.6) is 0 Å². The summed E-state index contributed by atoms with van der Waals surface area (Å²) < 4.78 is 13.0. The monoisotopic (exact) mass is 290 g/mol. The molecule has 0 saturated carbocycles. The zero-order valence-corrected chi connectivity index (χ0v) is 11.2. The van der Waals surface area contributed by atoms with Crippen LogP contribution in [-0.4, -0.2) is 6.03 Å². The number of halogens is 2. The van der Waals surface area contributed by atoms with E-state index in [4.69, 9.17) is 11.6 Å². The molecule has 0 fully saturated rings. The summed E-state index contributed by atoms with van der Waals surface area (Å²) in [5, 5.41) is 5.05. The summed E-state index contributed by atoms with van der Waals surface area (Å²) in [6.07, 6.45) is 3.28. The molecule has 5 heteroatoms. The van der Waals surface area contributed by atoms with Crippen LogP contribution >= 0.6 is 11.6 Å². The molecule has 0 aliphatic carbocycles. The molecule has 0 aliphatic rings. The van der Waals surface area contributed by atoms with Crippen LogP contribution in [0.4, 0.5) is 14.9 Å². The van der Waals surface area contributed by atoms with Gasteiger partial charge in [-0.05, 0) is 29.8 Å². The minimum atomic E-state index is -0.526. The number of anilines is 1. The Labute approximate surface area is 121 Å². The van der Waals surface area contributed by atoms with Gasteiger partial charge < -0.3 is 10.6 Å². The maximum absolute atomic E-state index is 13.0. The lowest BCUT2D eigenvalue weighted by Crippen LogP contribution is -2.23. The highest BCUT2D eigenvalue weighted by Gasteiger charge is 2.03. The molecule has 2 aromatic carbocycles. The lowest BCUT2D eigenvalue weighted by atomic mass is 10.2. The second kappa shape index (κ2) is 6.73. The van der Waals surface area contributed by atoms with Crippen molar-refractivity contribution < 1.29 is 9.18 Å². The Balaban J connectivity index is 1.89. The molecule has 2 aromatic rings. The van der Waals surface area contributed by atoms with Gasteiger partial charge >= 0.3 is 6.03 Å². The zero-order chi connectivity index (χ0) is 14.4. The summed E-state index contributed by atoms with van der Waals surface area (Å²) in [4.78, 5) is 11.6. The Hall–Kier alpha value is -2.33. The van der Waals surface area contributed by atoms with E-state index in [2.05, 4.69) is 10.6 Å². The maximum atomic E-state index is 13.0. The van der Waals surface area contributed by atoms with Gasteiger partial charge in [0.05, 0.1) is 5.02 Å². The average Bonchev–Trinajstić information content (AvgIpc) is 2.44. The van der Waals surface area contributed by atoms with Crippen LogP contribution in [0, 0.1) is 5.82 Å². The van der Waals surface area contributed by atoms with Gasteiger partial charge in [0.2, 0.25) is 0 Å². The molecule has 20 heavy (non-hydrogen) atoms. The molecule has 0 aromatic heterocycles. The van der Waals surface area contributed by atoms with Crippen LogP contribution < -0.4 is 10.6 Å². The fourth-order valence-electron chi connectivity index (χ4n) is 1.52. The topological polar surface area (TPSA) is 41.1 Å². The first kappa shape index (κ1) is 14.1. The third-order valence-electron chi connectivity index (χ3n) is 2.47. The Morgan fingerprint density at radius 2 is 1.90 bits per heavy atom. The fourth-order valence-corrected chi connectivity index (χ4v) is 1.70. The van der Waals surface area contributed by atoms with Gasteiger partial charge in [-0.2, -0.15) is 0 Å². The Bertz CT molecular complexity index is 629. The maximum Gasteiger partial charge on any atom is 0.323 e. The van der Waals surface area contributed by atoms with E-state index in [1.807, 2.05) is 30.3 Å². The molecule has 3 nitrogen and oxygen atoms in total. The molecule has 0 spiro atoms. The van der Waals surface area contributed by atoms with Crippen molar-refractivity contribution in [1.82, 2.24) is 5.32 Å². The van der Waals surface area contributed by atoms with Crippen molar-refractivity contribution in [1.29, 1.82) is 0 Å². The Kier molecular flexibility index (Phi) is 4.74. The number of amides is 2. The van der Waals surface area contributed by atoms with Crippen LogP contribution in [0.3, 0.4) is 0 Å². The van der Waals surface area contributed by atoms with Crippen LogP contribution in [-0.2, 0) is 0 Å². The number of urea groups is 1. The van der Waals surface area contributed by atoms with Crippen molar-refractivity contribution in [3.05, 3.63) is 71.1 Å². The fraction of sp³-hybridized carbons (Fsp3) is 0. The number of nitrogens with one attached hydrogen (secondary N) is 2. The minimum absolute atomic E-state index is 0.0392. The molecule has 0 radical (unpaired) electrons. The van der Waals surface area contributed by atoms with Gasteiger partial charge in [0, 0.05) is 11.9 Å². The number of hydrogen-bond acceptors (Lipinski definition) is 1. The second-order valence-electron chi connectivity index (χ2n) is 3.97. The molecule has 2 rings (SSSR count). The second-order valence-corrected chi connectivity index (χ2v) is 4.38. The van der Waals surface area contributed by atoms with Crippen molar-refractivity contribution in [2.75, 3.05) is 5.32 Å². The number of hydrogen-bond donors (Lipinski definition) is 2. The third-order valence-corrected chi connectivity index (χ3v) is 2.76. The van der Waals surface area contributed by atoms with E-state index in [1.54, 1.807) is 6.08 Å². The van der Waals surface area contributed by atoms with Crippen molar-refractivity contribution in [2.45, 2.75) is 0 Å². The highest BCUT2D eigenvalue weighted by Crippen LogP contribution is 2.19. The number of rotatable bonds is 3. The highest BCUT2D eigenvalue weighted by atomic mass is 35.5. The van der Waals surface area contributed by atoms with Gasteiger partial charge in [-0.1, -0.05) is 41.9 Å². The molecule has 102 valence electrons. The Morgan fingerprint density at radius 3 is 2.60 bits per heavy atom. The lowest BCUT2D eigenvalue weighted by molar-refractivity contribution is 0.255. The largest absolute Gasteiger partial charge is 0.323 e.